The Balaban J connectivity index is 1.42. The minimum Gasteiger partial charge on any atom is -0.475 e. The maximum absolute atomic E-state index is 13.3. The number of amides is 1. The van der Waals surface area contributed by atoms with Gasteiger partial charge in [-0.25, -0.2) is 10.2 Å². The van der Waals surface area contributed by atoms with Crippen LogP contribution in [-0.4, -0.2) is 32.9 Å². The van der Waals surface area contributed by atoms with Crippen molar-refractivity contribution in [1.82, 2.24) is 9.99 Å². The molecule has 0 spiro atoms. The van der Waals surface area contributed by atoms with Gasteiger partial charge in [0, 0.05) is 22.7 Å². The summed E-state index contributed by atoms with van der Waals surface area (Å²) in [6.07, 6.45) is 3.35. The molecule has 0 unspecified atom stereocenters. The second-order valence-electron chi connectivity index (χ2n) is 8.44. The van der Waals surface area contributed by atoms with Crippen molar-refractivity contribution in [3.8, 4) is 0 Å². The molecule has 5 aromatic rings. The fourth-order valence-electron chi connectivity index (χ4n) is 4.28. The van der Waals surface area contributed by atoms with Crippen molar-refractivity contribution in [3.63, 3.8) is 0 Å². The lowest BCUT2D eigenvalue weighted by atomic mass is 9.85. The number of nitrogens with one attached hydrogen (secondary N) is 1. The van der Waals surface area contributed by atoms with Gasteiger partial charge in [-0.2, -0.15) is 5.10 Å². The molecule has 8 heteroatoms. The number of benzene rings is 3. The minimum absolute atomic E-state index is 0.125. The van der Waals surface area contributed by atoms with E-state index in [1.807, 2.05) is 47.2 Å². The van der Waals surface area contributed by atoms with Gasteiger partial charge in [0.05, 0.1) is 12.8 Å². The van der Waals surface area contributed by atoms with Crippen molar-refractivity contribution >= 4 is 29.0 Å². The molecule has 0 bridgehead atoms. The second-order valence-corrected chi connectivity index (χ2v) is 8.44. The molecule has 184 valence electrons. The third kappa shape index (κ3) is 4.65. The van der Waals surface area contributed by atoms with Gasteiger partial charge in [-0.1, -0.05) is 78.9 Å². The van der Waals surface area contributed by atoms with Crippen LogP contribution in [0.15, 0.2) is 113 Å². The summed E-state index contributed by atoms with van der Waals surface area (Å²) < 4.78 is 7.31. The van der Waals surface area contributed by atoms with Gasteiger partial charge in [-0.15, -0.1) is 0 Å². The first-order valence-electron chi connectivity index (χ1n) is 11.5. The van der Waals surface area contributed by atoms with Crippen LogP contribution in [0.1, 0.15) is 33.0 Å². The van der Waals surface area contributed by atoms with Gasteiger partial charge in [-0.3, -0.25) is 4.79 Å². The topological polar surface area (TPSA) is 117 Å². The Morgan fingerprint density at radius 1 is 0.892 bits per heavy atom. The number of carbonyl (C=O) groups is 2. The molecular weight excluding hydrogens is 470 g/mol. The normalized spacial score (nSPS) is 11.7. The third-order valence-electron chi connectivity index (χ3n) is 6.10. The number of para-hydroxylation sites is 1. The number of aromatic carboxylic acids is 1. The number of nitrogens with zero attached hydrogens (tertiary/aromatic N) is 2. The SMILES string of the molecule is O=C(O)c1ccc(Cn2cc(C=NNC(=O)C(O)(c3ccccc3)c3ccccc3)c3ccccc32)o1. The summed E-state index contributed by atoms with van der Waals surface area (Å²) >= 11 is 0. The number of aliphatic hydroxyl groups is 1. The first-order chi connectivity index (χ1) is 18.0. The zero-order valence-electron chi connectivity index (χ0n) is 19.6. The van der Waals surface area contributed by atoms with Gasteiger partial charge < -0.3 is 19.2 Å². The van der Waals surface area contributed by atoms with Gasteiger partial charge in [0.2, 0.25) is 5.76 Å². The van der Waals surface area contributed by atoms with Crippen molar-refractivity contribution in [1.29, 1.82) is 0 Å². The molecular formula is C29H23N3O5. The highest BCUT2D eigenvalue weighted by Gasteiger charge is 2.39. The van der Waals surface area contributed by atoms with E-state index in [9.17, 15) is 14.7 Å². The van der Waals surface area contributed by atoms with E-state index in [1.165, 1.54) is 12.3 Å². The average molecular weight is 494 g/mol. The molecule has 3 aromatic carbocycles. The highest BCUT2D eigenvalue weighted by atomic mass is 16.4. The number of rotatable bonds is 8. The van der Waals surface area contributed by atoms with Gasteiger partial charge in [0.25, 0.3) is 5.91 Å². The van der Waals surface area contributed by atoms with E-state index in [2.05, 4.69) is 10.5 Å². The average Bonchev–Trinajstić information content (AvgIpc) is 3.55. The van der Waals surface area contributed by atoms with E-state index in [4.69, 9.17) is 9.52 Å². The van der Waals surface area contributed by atoms with E-state index in [-0.39, 0.29) is 5.76 Å². The first-order valence-corrected chi connectivity index (χ1v) is 11.5. The van der Waals surface area contributed by atoms with Crippen LogP contribution in [-0.2, 0) is 16.9 Å². The quantitative estimate of drug-likeness (QED) is 0.219. The minimum atomic E-state index is -1.94. The summed E-state index contributed by atoms with van der Waals surface area (Å²) in [4.78, 5) is 24.4. The van der Waals surface area contributed by atoms with Crippen molar-refractivity contribution in [3.05, 3.63) is 131 Å². The van der Waals surface area contributed by atoms with Gasteiger partial charge in [-0.05, 0) is 29.3 Å². The van der Waals surface area contributed by atoms with Crippen LogP contribution in [0.3, 0.4) is 0 Å². The van der Waals surface area contributed by atoms with Crippen molar-refractivity contribution in [2.45, 2.75) is 12.1 Å². The van der Waals surface area contributed by atoms with Crippen LogP contribution in [0.25, 0.3) is 10.9 Å². The van der Waals surface area contributed by atoms with Gasteiger partial charge >= 0.3 is 5.97 Å². The Kier molecular flexibility index (Phi) is 6.40. The molecule has 0 atom stereocenters. The smallest absolute Gasteiger partial charge is 0.371 e. The number of hydrogen-bond donors (Lipinski definition) is 3. The fraction of sp³-hybridized carbons (Fsp3) is 0.0690. The second kappa shape index (κ2) is 9.96. The van der Waals surface area contributed by atoms with E-state index in [0.29, 0.717) is 23.4 Å². The summed E-state index contributed by atoms with van der Waals surface area (Å²) in [7, 11) is 0. The summed E-state index contributed by atoms with van der Waals surface area (Å²) in [6.45, 7) is 0.315. The lowest BCUT2D eigenvalue weighted by Gasteiger charge is -2.27. The molecule has 0 aliphatic rings. The van der Waals surface area contributed by atoms with E-state index in [1.54, 1.807) is 54.6 Å². The number of furan rings is 1. The predicted molar refractivity (Wildman–Crippen MR) is 138 cm³/mol. The summed E-state index contributed by atoms with van der Waals surface area (Å²) in [5.74, 6) is -1.45. The third-order valence-corrected chi connectivity index (χ3v) is 6.10. The van der Waals surface area contributed by atoms with Crippen LogP contribution in [0.4, 0.5) is 0 Å². The lowest BCUT2D eigenvalue weighted by molar-refractivity contribution is -0.136. The number of aromatic nitrogens is 1. The highest BCUT2D eigenvalue weighted by molar-refractivity contribution is 6.00. The molecule has 0 saturated carbocycles. The number of carboxylic acid groups (broad SMARTS) is 1. The Morgan fingerprint density at radius 2 is 1.51 bits per heavy atom. The maximum atomic E-state index is 13.3. The maximum Gasteiger partial charge on any atom is 0.371 e. The Bertz CT molecular complexity index is 1550. The monoisotopic (exact) mass is 493 g/mol. The molecule has 0 radical (unpaired) electrons. The van der Waals surface area contributed by atoms with E-state index >= 15 is 0 Å². The number of carboxylic acids is 1. The molecule has 37 heavy (non-hydrogen) atoms. The molecule has 2 aromatic heterocycles. The zero-order chi connectivity index (χ0) is 25.8. The standard InChI is InChI=1S/C29H23N3O5/c33-27(34)26-16-15-23(37-26)19-32-18-20(24-13-7-8-14-25(24)32)17-30-31-28(35)29(36,21-9-3-1-4-10-21)22-11-5-2-6-12-22/h1-18,36H,19H2,(H,31,35)(H,33,34). The molecule has 0 aliphatic carbocycles. The number of hydrazone groups is 1. The van der Waals surface area contributed by atoms with Crippen LogP contribution in [0.2, 0.25) is 0 Å². The molecule has 8 nitrogen and oxygen atoms in total. The molecule has 0 aliphatic heterocycles. The largest absolute Gasteiger partial charge is 0.475 e. The molecule has 0 saturated heterocycles. The first kappa shape index (κ1) is 23.8. The Hall–Kier alpha value is -4.95. The summed E-state index contributed by atoms with van der Waals surface area (Å²) in [5.41, 5.74) is 3.01. The summed E-state index contributed by atoms with van der Waals surface area (Å²) in [6, 6.07) is 28.1. The Labute approximate surface area is 212 Å². The van der Waals surface area contributed by atoms with Crippen LogP contribution in [0, 0.1) is 0 Å². The zero-order valence-corrected chi connectivity index (χ0v) is 19.6. The predicted octanol–water partition coefficient (Wildman–Crippen LogP) is 4.37. The molecule has 0 fully saturated rings. The number of hydrogen-bond acceptors (Lipinski definition) is 5. The Morgan fingerprint density at radius 3 is 2.14 bits per heavy atom. The van der Waals surface area contributed by atoms with Gasteiger partial charge in [0.15, 0.2) is 5.60 Å². The number of fused-ring (bicyclic) bond motifs is 1. The summed E-state index contributed by atoms with van der Waals surface area (Å²) in [5, 5.41) is 25.7. The fourth-order valence-corrected chi connectivity index (χ4v) is 4.28. The van der Waals surface area contributed by atoms with Gasteiger partial charge in [0.1, 0.15) is 5.76 Å². The van der Waals surface area contributed by atoms with Crippen LogP contribution >= 0.6 is 0 Å². The van der Waals surface area contributed by atoms with Crippen molar-refractivity contribution < 1.29 is 24.2 Å². The molecule has 5 rings (SSSR count). The lowest BCUT2D eigenvalue weighted by Crippen LogP contribution is -2.43. The van der Waals surface area contributed by atoms with Crippen LogP contribution < -0.4 is 5.43 Å². The van der Waals surface area contributed by atoms with Crippen molar-refractivity contribution in [2.24, 2.45) is 5.10 Å². The van der Waals surface area contributed by atoms with Crippen LogP contribution in [0.5, 0.6) is 0 Å². The molecule has 2 heterocycles. The molecule has 3 N–H and O–H groups in total. The van der Waals surface area contributed by atoms with Crippen molar-refractivity contribution in [2.75, 3.05) is 0 Å². The molecule has 1 amide bonds. The van der Waals surface area contributed by atoms with E-state index < -0.39 is 17.5 Å². The van der Waals surface area contributed by atoms with E-state index in [0.717, 1.165) is 16.5 Å². The number of carbonyl (C=O) groups excluding carboxylic acids is 1. The highest BCUT2D eigenvalue weighted by Crippen LogP contribution is 2.30.